The monoisotopic (exact) mass is 615 g/mol. The van der Waals surface area contributed by atoms with Gasteiger partial charge >= 0.3 is 0 Å². The smallest absolute Gasteiger partial charge is 0.245 e. The largest absolute Gasteiger partial charge is 0.383 e. The number of ketones is 1. The summed E-state index contributed by atoms with van der Waals surface area (Å²) in [4.78, 5) is 63.6. The number of amides is 3. The van der Waals surface area contributed by atoms with Crippen molar-refractivity contribution in [3.8, 4) is 11.1 Å². The lowest BCUT2D eigenvalue weighted by Gasteiger charge is -2.27. The van der Waals surface area contributed by atoms with E-state index in [2.05, 4.69) is 26.7 Å². The number of aromatic nitrogens is 4. The van der Waals surface area contributed by atoms with Crippen LogP contribution in [0.2, 0.25) is 0 Å². The second-order valence-electron chi connectivity index (χ2n) is 12.7. The summed E-state index contributed by atoms with van der Waals surface area (Å²) >= 11 is 0. The van der Waals surface area contributed by atoms with Crippen LogP contribution in [-0.2, 0) is 32.1 Å². The number of nitrogens with zero attached hydrogens (tertiary/aromatic N) is 5. The number of carbonyl (C=O) groups excluding carboxylic acids is 4. The molecule has 2 aliphatic heterocycles. The first-order valence-corrected chi connectivity index (χ1v) is 15.9. The number of hydrogen-bond donors (Lipinski definition) is 2. The topological polar surface area (TPSA) is 148 Å². The highest BCUT2D eigenvalue weighted by Gasteiger charge is 2.67. The van der Waals surface area contributed by atoms with Gasteiger partial charge in [-0.15, -0.1) is 0 Å². The van der Waals surface area contributed by atoms with Crippen molar-refractivity contribution in [2.75, 3.05) is 26.8 Å². The Labute approximate surface area is 262 Å². The zero-order chi connectivity index (χ0) is 31.7. The predicted molar refractivity (Wildman–Crippen MR) is 166 cm³/mol. The summed E-state index contributed by atoms with van der Waals surface area (Å²) in [5, 5.41) is 11.4. The minimum absolute atomic E-state index is 0.0110. The highest BCUT2D eigenvalue weighted by Crippen LogP contribution is 2.59. The number of carbonyl (C=O) groups is 4. The van der Waals surface area contributed by atoms with Crippen LogP contribution in [0.1, 0.15) is 73.7 Å². The summed E-state index contributed by atoms with van der Waals surface area (Å²) in [5.74, 6) is 0.0270. The van der Waals surface area contributed by atoms with E-state index in [-0.39, 0.29) is 41.5 Å². The molecule has 2 bridgehead atoms. The fraction of sp³-hybridized carbons (Fsp3) is 0.545. The van der Waals surface area contributed by atoms with Gasteiger partial charge in [0.25, 0.3) is 0 Å². The standard InChI is InChI=1S/C33H41N7O5/c1-20(41)30-25-13-23(24-16-35-21(2)36-17-24)12-22-8-6-4-5-7-9-28(42)37-19-33-14-26(32(44)34-10-11-45-3)40(27(33)15-33)29(43)18-39(38-30)31(22)25/h12-13,16-17,26-27H,4-11,14-15,18-19H2,1-3H3,(H,34,44)(H,37,42)/t26-,27+,33-/m0/s1. The van der Waals surface area contributed by atoms with Gasteiger partial charge in [0, 0.05) is 68.3 Å². The van der Waals surface area contributed by atoms with Gasteiger partial charge in [-0.25, -0.2) is 9.97 Å². The molecule has 1 aliphatic carbocycles. The van der Waals surface area contributed by atoms with E-state index in [0.717, 1.165) is 54.3 Å². The van der Waals surface area contributed by atoms with Gasteiger partial charge in [-0.1, -0.05) is 12.8 Å². The number of Topliss-reactive ketones (excluding diaryl/α,β-unsaturated/α-hetero) is 1. The molecule has 3 amide bonds. The fourth-order valence-corrected chi connectivity index (χ4v) is 7.07. The molecule has 2 N–H and O–H groups in total. The molecule has 238 valence electrons. The van der Waals surface area contributed by atoms with Crippen LogP contribution in [0.3, 0.4) is 0 Å². The van der Waals surface area contributed by atoms with E-state index in [4.69, 9.17) is 9.84 Å². The van der Waals surface area contributed by atoms with Gasteiger partial charge < -0.3 is 20.3 Å². The van der Waals surface area contributed by atoms with Crippen LogP contribution in [0.15, 0.2) is 24.5 Å². The number of aryl methyl sites for hydroxylation is 2. The van der Waals surface area contributed by atoms with Crippen molar-refractivity contribution in [1.82, 2.24) is 35.3 Å². The molecular weight excluding hydrogens is 574 g/mol. The van der Waals surface area contributed by atoms with E-state index in [0.29, 0.717) is 55.9 Å². The van der Waals surface area contributed by atoms with E-state index in [1.807, 2.05) is 13.0 Å². The molecule has 0 spiro atoms. The second-order valence-corrected chi connectivity index (χ2v) is 12.7. The maximum atomic E-state index is 14.2. The van der Waals surface area contributed by atoms with Crippen LogP contribution in [0.25, 0.3) is 22.0 Å². The van der Waals surface area contributed by atoms with E-state index in [9.17, 15) is 19.2 Å². The third kappa shape index (κ3) is 6.20. The Bertz CT molecular complexity index is 1630. The van der Waals surface area contributed by atoms with Crippen molar-refractivity contribution in [1.29, 1.82) is 0 Å². The number of rotatable bonds is 6. The third-order valence-corrected chi connectivity index (χ3v) is 9.51. The van der Waals surface area contributed by atoms with Crippen molar-refractivity contribution < 1.29 is 23.9 Å². The van der Waals surface area contributed by atoms with Gasteiger partial charge in [-0.3, -0.25) is 23.9 Å². The van der Waals surface area contributed by atoms with E-state index in [1.165, 1.54) is 6.92 Å². The van der Waals surface area contributed by atoms with Crippen LogP contribution in [0.5, 0.6) is 0 Å². The van der Waals surface area contributed by atoms with E-state index >= 15 is 0 Å². The highest BCUT2D eigenvalue weighted by molar-refractivity contribution is 6.07. The van der Waals surface area contributed by atoms with Crippen molar-refractivity contribution in [2.24, 2.45) is 5.41 Å². The summed E-state index contributed by atoms with van der Waals surface area (Å²) in [6.45, 7) is 4.36. The van der Waals surface area contributed by atoms with Crippen LogP contribution >= 0.6 is 0 Å². The van der Waals surface area contributed by atoms with Crippen molar-refractivity contribution in [3.05, 3.63) is 41.6 Å². The fourth-order valence-electron chi connectivity index (χ4n) is 7.07. The molecule has 0 unspecified atom stereocenters. The third-order valence-electron chi connectivity index (χ3n) is 9.51. The summed E-state index contributed by atoms with van der Waals surface area (Å²) in [5.41, 5.74) is 3.43. The molecule has 4 heterocycles. The molecule has 12 heteroatoms. The number of nitrogens with one attached hydrogen (secondary N) is 2. The highest BCUT2D eigenvalue weighted by atomic mass is 16.5. The minimum Gasteiger partial charge on any atom is -0.383 e. The Morgan fingerprint density at radius 3 is 2.56 bits per heavy atom. The number of methoxy groups -OCH3 is 1. The van der Waals surface area contributed by atoms with Crippen molar-refractivity contribution in [3.63, 3.8) is 0 Å². The Kier molecular flexibility index (Phi) is 8.67. The number of piperidine rings is 1. The van der Waals surface area contributed by atoms with Crippen LogP contribution < -0.4 is 10.6 Å². The first-order chi connectivity index (χ1) is 21.7. The molecule has 1 saturated carbocycles. The number of benzene rings is 1. The van der Waals surface area contributed by atoms with E-state index in [1.54, 1.807) is 29.1 Å². The molecular formula is C33H41N7O5. The average molecular weight is 616 g/mol. The zero-order valence-electron chi connectivity index (χ0n) is 26.2. The molecule has 6 rings (SSSR count). The van der Waals surface area contributed by atoms with Gasteiger partial charge in [0.05, 0.1) is 12.1 Å². The van der Waals surface area contributed by atoms with Crippen LogP contribution in [0.4, 0.5) is 0 Å². The Morgan fingerprint density at radius 1 is 1.07 bits per heavy atom. The average Bonchev–Trinajstić information content (AvgIpc) is 3.43. The lowest BCUT2D eigenvalue weighted by molar-refractivity contribution is -0.140. The summed E-state index contributed by atoms with van der Waals surface area (Å²) in [7, 11) is 1.57. The summed E-state index contributed by atoms with van der Waals surface area (Å²) < 4.78 is 6.75. The predicted octanol–water partition coefficient (Wildman–Crippen LogP) is 2.75. The zero-order valence-corrected chi connectivity index (χ0v) is 26.2. The van der Waals surface area contributed by atoms with Gasteiger partial charge in [0.1, 0.15) is 24.1 Å². The Morgan fingerprint density at radius 2 is 1.82 bits per heavy atom. The lowest BCUT2D eigenvalue weighted by Crippen LogP contribution is -2.49. The number of hydrogen-bond acceptors (Lipinski definition) is 8. The molecule has 3 aromatic rings. The first kappa shape index (κ1) is 30.8. The SMILES string of the molecule is COCCNC(=O)[C@@H]1C[C@]23CNC(=O)CCCCCCc4cc(-c5cnc(C)nc5)cc5c(C(C)=O)nn(c45)CC(=O)N1[C@@H]2C3. The molecule has 0 radical (unpaired) electrons. The molecule has 1 aromatic carbocycles. The maximum absolute atomic E-state index is 14.2. The van der Waals surface area contributed by atoms with E-state index < -0.39 is 6.04 Å². The Balaban J connectivity index is 1.41. The minimum atomic E-state index is -0.661. The quantitative estimate of drug-likeness (QED) is 0.318. The van der Waals surface area contributed by atoms with Gasteiger partial charge in [0.15, 0.2) is 5.78 Å². The molecule has 3 atom stereocenters. The molecule has 1 saturated heterocycles. The number of ether oxygens (including phenoxy) is 1. The summed E-state index contributed by atoms with van der Waals surface area (Å²) in [6, 6.07) is 3.20. The van der Waals surface area contributed by atoms with Crippen molar-refractivity contribution in [2.45, 2.75) is 83.8 Å². The van der Waals surface area contributed by atoms with Gasteiger partial charge in [-0.05, 0) is 62.3 Å². The Hall–Kier alpha value is -4.19. The normalized spacial score (nSPS) is 23.8. The summed E-state index contributed by atoms with van der Waals surface area (Å²) in [6.07, 6.45) is 9.44. The first-order valence-electron chi connectivity index (χ1n) is 15.9. The molecule has 2 aromatic heterocycles. The van der Waals surface area contributed by atoms with Crippen LogP contribution in [0, 0.1) is 12.3 Å². The molecule has 45 heavy (non-hydrogen) atoms. The second kappa shape index (κ2) is 12.7. The van der Waals surface area contributed by atoms with Crippen LogP contribution in [-0.4, -0.2) is 87.0 Å². The van der Waals surface area contributed by atoms with Crippen molar-refractivity contribution >= 4 is 34.4 Å². The lowest BCUT2D eigenvalue weighted by atomic mass is 9.96. The molecule has 2 fully saturated rings. The maximum Gasteiger partial charge on any atom is 0.245 e. The van der Waals surface area contributed by atoms with Gasteiger partial charge in [0.2, 0.25) is 17.7 Å². The van der Waals surface area contributed by atoms with Gasteiger partial charge in [-0.2, -0.15) is 5.10 Å². The molecule has 3 aliphatic rings. The molecule has 12 nitrogen and oxygen atoms in total.